The van der Waals surface area contributed by atoms with Gasteiger partial charge < -0.3 is 10.2 Å². The van der Waals surface area contributed by atoms with Gasteiger partial charge in [-0.15, -0.1) is 0 Å². The van der Waals surface area contributed by atoms with Crippen LogP contribution in [0, 0.1) is 13.8 Å². The number of nitrogens with one attached hydrogen (secondary N) is 2. The van der Waals surface area contributed by atoms with Crippen LogP contribution in [0.25, 0.3) is 0 Å². The number of carbonyl (C=O) groups is 1. The van der Waals surface area contributed by atoms with E-state index in [4.69, 9.17) is 0 Å². The summed E-state index contributed by atoms with van der Waals surface area (Å²) in [6, 6.07) is 9.00. The number of rotatable bonds is 6. The molecule has 0 saturated heterocycles. The van der Waals surface area contributed by atoms with Crippen LogP contribution < -0.4 is 14.9 Å². The minimum atomic E-state index is -3.79. The minimum absolute atomic E-state index is 0.0399. The molecule has 0 unspecified atom stereocenters. The molecule has 28 heavy (non-hydrogen) atoms. The second kappa shape index (κ2) is 7.83. The van der Waals surface area contributed by atoms with Crippen LogP contribution >= 0.6 is 0 Å². The third-order valence-corrected chi connectivity index (χ3v) is 6.64. The third-order valence-electron chi connectivity index (χ3n) is 5.23. The van der Waals surface area contributed by atoms with Crippen molar-refractivity contribution in [2.24, 2.45) is 0 Å². The summed E-state index contributed by atoms with van der Waals surface area (Å²) in [5.74, 6) is -0.0399. The molecule has 3 rings (SSSR count). The Morgan fingerprint density at radius 1 is 1.04 bits per heavy atom. The highest BCUT2D eigenvalue weighted by Crippen LogP contribution is 2.35. The van der Waals surface area contributed by atoms with Gasteiger partial charge in [0.05, 0.1) is 5.69 Å². The molecule has 0 saturated carbocycles. The lowest BCUT2D eigenvalue weighted by atomic mass is 10.0. The summed E-state index contributed by atoms with van der Waals surface area (Å²) in [6.07, 6.45) is 0.896. The molecule has 1 aliphatic rings. The van der Waals surface area contributed by atoms with Crippen molar-refractivity contribution in [1.82, 2.24) is 0 Å². The van der Waals surface area contributed by atoms with E-state index in [1.807, 2.05) is 44.7 Å². The highest BCUT2D eigenvalue weighted by atomic mass is 32.2. The number of fused-ring (bicyclic) bond motifs is 1. The summed E-state index contributed by atoms with van der Waals surface area (Å²) >= 11 is 0. The molecular formula is C21H27N3O3S. The van der Waals surface area contributed by atoms with Crippen LogP contribution in [-0.2, 0) is 21.2 Å². The summed E-state index contributed by atoms with van der Waals surface area (Å²) in [4.78, 5) is 14.0. The first-order chi connectivity index (χ1) is 13.2. The van der Waals surface area contributed by atoms with Crippen LogP contribution in [-0.4, -0.2) is 27.4 Å². The molecule has 2 aromatic rings. The predicted octanol–water partition coefficient (Wildman–Crippen LogP) is 3.84. The van der Waals surface area contributed by atoms with Gasteiger partial charge in [-0.1, -0.05) is 6.07 Å². The van der Waals surface area contributed by atoms with Gasteiger partial charge in [-0.05, 0) is 75.1 Å². The van der Waals surface area contributed by atoms with Gasteiger partial charge >= 0.3 is 0 Å². The van der Waals surface area contributed by atoms with Gasteiger partial charge in [-0.2, -0.15) is 0 Å². The Kier molecular flexibility index (Phi) is 5.65. The first kappa shape index (κ1) is 20.2. The Morgan fingerprint density at radius 3 is 2.39 bits per heavy atom. The van der Waals surface area contributed by atoms with Crippen molar-refractivity contribution < 1.29 is 13.2 Å². The quantitative estimate of drug-likeness (QED) is 0.771. The molecule has 7 heteroatoms. The SMILES string of the molecule is CCN(CC)c1cc2c(cc1S(=O)(=O)Nc1ccc(C)c(C)c1)CCC(=O)N2. The third kappa shape index (κ3) is 3.99. The number of sulfonamides is 1. The standard InChI is InChI=1S/C21H27N3O3S/c1-5-24(6-2)19-13-18-16(8-10-21(25)22-18)12-20(19)28(26,27)23-17-9-7-14(3)15(4)11-17/h7,9,11-13,23H,5-6,8,10H2,1-4H3,(H,22,25). The molecule has 0 fully saturated rings. The van der Waals surface area contributed by atoms with E-state index in [9.17, 15) is 13.2 Å². The molecule has 0 aromatic heterocycles. The first-order valence-corrected chi connectivity index (χ1v) is 11.0. The Hall–Kier alpha value is -2.54. The van der Waals surface area contributed by atoms with E-state index in [-0.39, 0.29) is 10.8 Å². The number of benzene rings is 2. The maximum Gasteiger partial charge on any atom is 0.263 e. The maximum atomic E-state index is 13.3. The smallest absolute Gasteiger partial charge is 0.263 e. The van der Waals surface area contributed by atoms with Gasteiger partial charge in [-0.25, -0.2) is 8.42 Å². The lowest BCUT2D eigenvalue weighted by molar-refractivity contribution is -0.116. The zero-order valence-corrected chi connectivity index (χ0v) is 17.6. The topological polar surface area (TPSA) is 78.5 Å². The summed E-state index contributed by atoms with van der Waals surface area (Å²) in [5, 5.41) is 2.86. The van der Waals surface area contributed by atoms with Gasteiger partial charge in [0.25, 0.3) is 10.0 Å². The van der Waals surface area contributed by atoms with Crippen LogP contribution in [0.2, 0.25) is 0 Å². The van der Waals surface area contributed by atoms with Crippen LogP contribution in [0.15, 0.2) is 35.2 Å². The van der Waals surface area contributed by atoms with Gasteiger partial charge in [-0.3, -0.25) is 9.52 Å². The zero-order chi connectivity index (χ0) is 20.5. The fraction of sp³-hybridized carbons (Fsp3) is 0.381. The van der Waals surface area contributed by atoms with Crippen LogP contribution in [0.3, 0.4) is 0 Å². The van der Waals surface area contributed by atoms with E-state index < -0.39 is 10.0 Å². The second-order valence-corrected chi connectivity index (χ2v) is 8.75. The summed E-state index contributed by atoms with van der Waals surface area (Å²) in [5.41, 5.74) is 4.81. The summed E-state index contributed by atoms with van der Waals surface area (Å²) < 4.78 is 29.3. The first-order valence-electron chi connectivity index (χ1n) is 9.57. The lowest BCUT2D eigenvalue weighted by Crippen LogP contribution is -2.27. The van der Waals surface area contributed by atoms with Crippen molar-refractivity contribution in [3.63, 3.8) is 0 Å². The highest BCUT2D eigenvalue weighted by Gasteiger charge is 2.26. The molecule has 0 aliphatic carbocycles. The fourth-order valence-corrected chi connectivity index (χ4v) is 4.74. The minimum Gasteiger partial charge on any atom is -0.371 e. The molecule has 2 N–H and O–H groups in total. The largest absolute Gasteiger partial charge is 0.371 e. The van der Waals surface area contributed by atoms with Crippen LogP contribution in [0.1, 0.15) is 37.0 Å². The molecule has 2 aromatic carbocycles. The average Bonchev–Trinajstić information content (AvgIpc) is 2.64. The molecule has 0 bridgehead atoms. The molecule has 0 spiro atoms. The van der Waals surface area contributed by atoms with E-state index >= 15 is 0 Å². The molecule has 0 atom stereocenters. The van der Waals surface area contributed by atoms with Gasteiger partial charge in [0.2, 0.25) is 5.91 Å². The Morgan fingerprint density at radius 2 is 1.75 bits per heavy atom. The number of nitrogens with zero attached hydrogens (tertiary/aromatic N) is 1. The molecule has 1 aliphatic heterocycles. The number of amides is 1. The maximum absolute atomic E-state index is 13.3. The van der Waals surface area contributed by atoms with E-state index in [0.29, 0.717) is 43.0 Å². The normalized spacial score (nSPS) is 13.6. The van der Waals surface area contributed by atoms with Gasteiger partial charge in [0.15, 0.2) is 0 Å². The van der Waals surface area contributed by atoms with Crippen molar-refractivity contribution >= 4 is 33.0 Å². The van der Waals surface area contributed by atoms with Gasteiger partial charge in [0, 0.05) is 30.9 Å². The van der Waals surface area contributed by atoms with E-state index in [1.54, 1.807) is 18.2 Å². The number of aryl methyl sites for hydroxylation is 3. The molecule has 6 nitrogen and oxygen atoms in total. The number of anilines is 3. The average molecular weight is 402 g/mol. The van der Waals surface area contributed by atoms with Crippen molar-refractivity contribution in [1.29, 1.82) is 0 Å². The number of carbonyl (C=O) groups excluding carboxylic acids is 1. The second-order valence-electron chi connectivity index (χ2n) is 7.10. The molecular weight excluding hydrogens is 374 g/mol. The Balaban J connectivity index is 2.09. The highest BCUT2D eigenvalue weighted by molar-refractivity contribution is 7.92. The monoisotopic (exact) mass is 401 g/mol. The predicted molar refractivity (Wildman–Crippen MR) is 114 cm³/mol. The van der Waals surface area contributed by atoms with E-state index in [2.05, 4.69) is 10.0 Å². The molecule has 0 radical (unpaired) electrons. The molecule has 150 valence electrons. The Bertz CT molecular complexity index is 1010. The van der Waals surface area contributed by atoms with Crippen molar-refractivity contribution in [3.8, 4) is 0 Å². The summed E-state index contributed by atoms with van der Waals surface area (Å²) in [6.45, 7) is 9.23. The van der Waals surface area contributed by atoms with Crippen molar-refractivity contribution in [3.05, 3.63) is 47.0 Å². The number of hydrogen-bond donors (Lipinski definition) is 2. The summed E-state index contributed by atoms with van der Waals surface area (Å²) in [7, 11) is -3.79. The van der Waals surface area contributed by atoms with E-state index in [1.165, 1.54) is 0 Å². The molecule has 1 amide bonds. The van der Waals surface area contributed by atoms with Gasteiger partial charge in [0.1, 0.15) is 4.90 Å². The Labute approximate surface area is 167 Å². The fourth-order valence-electron chi connectivity index (χ4n) is 3.44. The van der Waals surface area contributed by atoms with Crippen molar-refractivity contribution in [2.45, 2.75) is 45.4 Å². The van der Waals surface area contributed by atoms with Crippen LogP contribution in [0.4, 0.5) is 17.1 Å². The van der Waals surface area contributed by atoms with E-state index in [0.717, 1.165) is 16.7 Å². The lowest BCUT2D eigenvalue weighted by Gasteiger charge is -2.27. The zero-order valence-electron chi connectivity index (χ0n) is 16.8. The number of hydrogen-bond acceptors (Lipinski definition) is 4. The van der Waals surface area contributed by atoms with Crippen molar-refractivity contribution in [2.75, 3.05) is 28.0 Å². The van der Waals surface area contributed by atoms with Crippen LogP contribution in [0.5, 0.6) is 0 Å². The molecule has 1 heterocycles.